The van der Waals surface area contributed by atoms with Crippen molar-refractivity contribution in [3.63, 3.8) is 0 Å². The predicted octanol–water partition coefficient (Wildman–Crippen LogP) is 2.42. The average Bonchev–Trinajstić information content (AvgIpc) is 2.80. The molecule has 0 aromatic heterocycles. The first-order chi connectivity index (χ1) is 16.2. The van der Waals surface area contributed by atoms with Crippen LogP contribution in [0.5, 0.6) is 0 Å². The van der Waals surface area contributed by atoms with E-state index in [1.807, 2.05) is 45.3 Å². The summed E-state index contributed by atoms with van der Waals surface area (Å²) < 4.78 is 0. The molecule has 2 aromatic rings. The molecule has 1 saturated heterocycles. The van der Waals surface area contributed by atoms with Gasteiger partial charge in [0.1, 0.15) is 0 Å². The Morgan fingerprint density at radius 2 is 1.79 bits per heavy atom. The molecule has 1 heterocycles. The molecular weight excluding hydrogens is 428 g/mol. The smallest absolute Gasteiger partial charge is 0.251 e. The molecule has 1 aliphatic carbocycles. The standard InChI is InChI=1S/C27H36N4O3/c1-19-6-4-7-20(14-19)26(33)28-16-25(32)29-22-17-31(18-22)23-10-12-27(34,13-11-23)21-8-5-9-24(15-21)30(2)3/h4-9,14-15,22-23,34H,10-13,16-18H2,1-3H3,(H,28,33)(H,29,32). The van der Waals surface area contributed by atoms with E-state index in [1.165, 1.54) is 0 Å². The van der Waals surface area contributed by atoms with Crippen molar-refractivity contribution in [3.05, 3.63) is 65.2 Å². The van der Waals surface area contributed by atoms with E-state index < -0.39 is 5.60 Å². The molecule has 0 radical (unpaired) electrons. The summed E-state index contributed by atoms with van der Waals surface area (Å²) in [6.07, 6.45) is 3.37. The van der Waals surface area contributed by atoms with Crippen molar-refractivity contribution in [1.82, 2.24) is 15.5 Å². The number of carbonyl (C=O) groups is 2. The summed E-state index contributed by atoms with van der Waals surface area (Å²) >= 11 is 0. The van der Waals surface area contributed by atoms with Crippen molar-refractivity contribution in [2.24, 2.45) is 0 Å². The summed E-state index contributed by atoms with van der Waals surface area (Å²) in [6, 6.07) is 16.1. The van der Waals surface area contributed by atoms with Crippen LogP contribution >= 0.6 is 0 Å². The highest BCUT2D eigenvalue weighted by Gasteiger charge is 2.40. The lowest BCUT2D eigenvalue weighted by Gasteiger charge is -2.48. The summed E-state index contributed by atoms with van der Waals surface area (Å²) in [6.45, 7) is 3.54. The van der Waals surface area contributed by atoms with Crippen LogP contribution in [0.15, 0.2) is 48.5 Å². The molecule has 7 nitrogen and oxygen atoms in total. The quantitative estimate of drug-likeness (QED) is 0.586. The van der Waals surface area contributed by atoms with Gasteiger partial charge < -0.3 is 20.6 Å². The topological polar surface area (TPSA) is 84.9 Å². The number of aliphatic hydroxyl groups is 1. The van der Waals surface area contributed by atoms with Crippen molar-refractivity contribution < 1.29 is 14.7 Å². The van der Waals surface area contributed by atoms with Gasteiger partial charge in [-0.15, -0.1) is 0 Å². The van der Waals surface area contributed by atoms with Crippen molar-refractivity contribution in [1.29, 1.82) is 0 Å². The highest BCUT2D eigenvalue weighted by atomic mass is 16.3. The predicted molar refractivity (Wildman–Crippen MR) is 134 cm³/mol. The molecule has 7 heteroatoms. The molecule has 34 heavy (non-hydrogen) atoms. The molecule has 3 N–H and O–H groups in total. The van der Waals surface area contributed by atoms with Crippen molar-refractivity contribution in [2.75, 3.05) is 38.6 Å². The number of aryl methyl sites for hydroxylation is 1. The molecule has 182 valence electrons. The van der Waals surface area contributed by atoms with Gasteiger partial charge in [-0.2, -0.15) is 0 Å². The molecule has 2 fully saturated rings. The number of benzene rings is 2. The molecule has 4 rings (SSSR count). The Morgan fingerprint density at radius 3 is 2.47 bits per heavy atom. The van der Waals surface area contributed by atoms with Gasteiger partial charge >= 0.3 is 0 Å². The fourth-order valence-corrected chi connectivity index (χ4v) is 5.04. The zero-order valence-corrected chi connectivity index (χ0v) is 20.4. The van der Waals surface area contributed by atoms with E-state index in [0.29, 0.717) is 11.6 Å². The molecule has 0 unspecified atom stereocenters. The molecule has 2 aromatic carbocycles. The van der Waals surface area contributed by atoms with E-state index in [-0.39, 0.29) is 24.4 Å². The molecule has 1 saturated carbocycles. The lowest BCUT2D eigenvalue weighted by atomic mass is 9.76. The van der Waals surface area contributed by atoms with Crippen LogP contribution in [-0.4, -0.2) is 67.6 Å². The summed E-state index contributed by atoms with van der Waals surface area (Å²) in [7, 11) is 4.02. The van der Waals surface area contributed by atoms with Gasteiger partial charge in [0.25, 0.3) is 5.91 Å². The van der Waals surface area contributed by atoms with Crippen LogP contribution in [0.2, 0.25) is 0 Å². The first-order valence-corrected chi connectivity index (χ1v) is 12.1. The minimum atomic E-state index is -0.767. The van der Waals surface area contributed by atoms with Crippen molar-refractivity contribution >= 4 is 17.5 Å². The summed E-state index contributed by atoms with van der Waals surface area (Å²) in [5.74, 6) is -0.399. The van der Waals surface area contributed by atoms with E-state index in [9.17, 15) is 14.7 Å². The van der Waals surface area contributed by atoms with Gasteiger partial charge in [-0.05, 0) is 62.4 Å². The van der Waals surface area contributed by atoms with Gasteiger partial charge in [0.05, 0.1) is 18.2 Å². The number of nitrogens with one attached hydrogen (secondary N) is 2. The van der Waals surface area contributed by atoms with Crippen LogP contribution in [0.1, 0.15) is 47.2 Å². The van der Waals surface area contributed by atoms with Crippen LogP contribution in [0.25, 0.3) is 0 Å². The van der Waals surface area contributed by atoms with Gasteiger partial charge in [-0.1, -0.05) is 29.8 Å². The number of hydrogen-bond acceptors (Lipinski definition) is 5. The van der Waals surface area contributed by atoms with Gasteiger partial charge in [0.2, 0.25) is 5.91 Å². The zero-order valence-electron chi connectivity index (χ0n) is 20.4. The largest absolute Gasteiger partial charge is 0.385 e. The van der Waals surface area contributed by atoms with E-state index in [0.717, 1.165) is 55.6 Å². The Kier molecular flexibility index (Phi) is 7.24. The van der Waals surface area contributed by atoms with E-state index >= 15 is 0 Å². The normalized spacial score (nSPS) is 23.1. The number of rotatable bonds is 7. The minimum Gasteiger partial charge on any atom is -0.385 e. The average molecular weight is 465 g/mol. The molecule has 0 spiro atoms. The molecule has 0 bridgehead atoms. The Bertz CT molecular complexity index is 1020. The Balaban J connectivity index is 1.19. The van der Waals surface area contributed by atoms with Gasteiger partial charge in [0.15, 0.2) is 0 Å². The van der Waals surface area contributed by atoms with E-state index in [4.69, 9.17) is 0 Å². The van der Waals surface area contributed by atoms with Crippen LogP contribution in [0.4, 0.5) is 5.69 Å². The Hall–Kier alpha value is -2.90. The number of nitrogens with zero attached hydrogens (tertiary/aromatic N) is 2. The van der Waals surface area contributed by atoms with Crippen LogP contribution < -0.4 is 15.5 Å². The van der Waals surface area contributed by atoms with Crippen molar-refractivity contribution in [3.8, 4) is 0 Å². The first-order valence-electron chi connectivity index (χ1n) is 12.1. The van der Waals surface area contributed by atoms with E-state index in [2.05, 4.69) is 32.6 Å². The van der Waals surface area contributed by atoms with Crippen LogP contribution in [-0.2, 0) is 10.4 Å². The number of likely N-dealkylation sites (tertiary alicyclic amines) is 1. The SMILES string of the molecule is Cc1cccc(C(=O)NCC(=O)NC2CN(C3CCC(O)(c4cccc(N(C)C)c4)CC3)C2)c1. The second-order valence-corrected chi connectivity index (χ2v) is 9.98. The summed E-state index contributed by atoms with van der Waals surface area (Å²) in [5, 5.41) is 17.0. The molecular formula is C27H36N4O3. The molecule has 1 aliphatic heterocycles. The number of amides is 2. The third kappa shape index (κ3) is 5.59. The Morgan fingerprint density at radius 1 is 1.09 bits per heavy atom. The van der Waals surface area contributed by atoms with Crippen molar-refractivity contribution in [2.45, 2.75) is 50.3 Å². The van der Waals surface area contributed by atoms with Crippen LogP contribution in [0, 0.1) is 6.92 Å². The molecule has 2 amide bonds. The lowest BCUT2D eigenvalue weighted by molar-refractivity contribution is -0.122. The monoisotopic (exact) mass is 464 g/mol. The Labute approximate surface area is 202 Å². The highest BCUT2D eigenvalue weighted by Crippen LogP contribution is 2.40. The number of hydrogen-bond donors (Lipinski definition) is 3. The first kappa shape index (κ1) is 24.2. The maximum absolute atomic E-state index is 12.3. The fraction of sp³-hybridized carbons (Fsp3) is 0.481. The van der Waals surface area contributed by atoms with Crippen LogP contribution in [0.3, 0.4) is 0 Å². The third-order valence-corrected chi connectivity index (χ3v) is 7.16. The third-order valence-electron chi connectivity index (χ3n) is 7.16. The van der Waals surface area contributed by atoms with Gasteiger partial charge in [0, 0.05) is 44.5 Å². The van der Waals surface area contributed by atoms with E-state index in [1.54, 1.807) is 12.1 Å². The highest BCUT2D eigenvalue weighted by molar-refractivity contribution is 5.96. The zero-order chi connectivity index (χ0) is 24.3. The maximum Gasteiger partial charge on any atom is 0.251 e. The maximum atomic E-state index is 12.3. The second kappa shape index (κ2) is 10.2. The summed E-state index contributed by atoms with van der Waals surface area (Å²) in [5.41, 5.74) is 2.91. The molecule has 0 atom stereocenters. The molecule has 2 aliphatic rings. The second-order valence-electron chi connectivity index (χ2n) is 9.98. The fourth-order valence-electron chi connectivity index (χ4n) is 5.04. The number of anilines is 1. The van der Waals surface area contributed by atoms with Gasteiger partial charge in [-0.25, -0.2) is 0 Å². The minimum absolute atomic E-state index is 0.0221. The number of carbonyl (C=O) groups excluding carboxylic acids is 2. The summed E-state index contributed by atoms with van der Waals surface area (Å²) in [4.78, 5) is 28.9. The lowest BCUT2D eigenvalue weighted by Crippen LogP contribution is -2.63. The van der Waals surface area contributed by atoms with Gasteiger partial charge in [-0.3, -0.25) is 14.5 Å².